The van der Waals surface area contributed by atoms with Crippen LogP contribution in [0.25, 0.3) is 0 Å². The Labute approximate surface area is 210 Å². The van der Waals surface area contributed by atoms with Gasteiger partial charge in [-0.25, -0.2) is 0 Å². The van der Waals surface area contributed by atoms with Gasteiger partial charge >= 0.3 is 0 Å². The molecule has 2 unspecified atom stereocenters. The first-order chi connectivity index (χ1) is 16.9. The average Bonchev–Trinajstić information content (AvgIpc) is 3.36. The Morgan fingerprint density at radius 2 is 1.74 bits per heavy atom. The lowest BCUT2D eigenvalue weighted by molar-refractivity contribution is -0.193. The van der Waals surface area contributed by atoms with Gasteiger partial charge in [-0.3, -0.25) is 4.79 Å². The maximum atomic E-state index is 12.2. The molecule has 2 heterocycles. The van der Waals surface area contributed by atoms with Crippen LogP contribution in [0.15, 0.2) is 48.6 Å². The Bertz CT molecular complexity index is 893. The number of allylic oxidation sites excluding steroid dienone is 1. The molecule has 0 amide bonds. The maximum absolute atomic E-state index is 12.2. The minimum atomic E-state index is -0.409. The SMILES string of the molecule is C=C(C)C#CC(=C)C(=C)[C@@H](C=C[C@@H]1[C@H]2CC(=O)C[C@H]2C[C@H]1OC1CCCCO1)OC1CCCCO1. The third-order valence-electron chi connectivity index (χ3n) is 7.58. The van der Waals surface area contributed by atoms with Crippen molar-refractivity contribution in [3.05, 3.63) is 48.6 Å². The van der Waals surface area contributed by atoms with E-state index < -0.39 is 6.10 Å². The first-order valence-electron chi connectivity index (χ1n) is 13.2. The van der Waals surface area contributed by atoms with Crippen LogP contribution in [-0.2, 0) is 23.7 Å². The summed E-state index contributed by atoms with van der Waals surface area (Å²) in [5.41, 5.74) is 2.12. The van der Waals surface area contributed by atoms with E-state index in [2.05, 4.69) is 43.7 Å². The van der Waals surface area contributed by atoms with Crippen molar-refractivity contribution >= 4 is 5.78 Å². The molecule has 4 rings (SSSR count). The van der Waals surface area contributed by atoms with Crippen molar-refractivity contribution in [1.82, 2.24) is 0 Å². The van der Waals surface area contributed by atoms with Crippen LogP contribution in [0.5, 0.6) is 0 Å². The fraction of sp³-hybridized carbons (Fsp3) is 0.633. The van der Waals surface area contributed by atoms with Gasteiger partial charge in [-0.1, -0.05) is 43.7 Å². The fourth-order valence-corrected chi connectivity index (χ4v) is 5.71. The molecule has 4 fully saturated rings. The van der Waals surface area contributed by atoms with E-state index in [0.717, 1.165) is 57.1 Å². The number of ketones is 1. The summed E-state index contributed by atoms with van der Waals surface area (Å²) >= 11 is 0. The Morgan fingerprint density at radius 1 is 1.03 bits per heavy atom. The van der Waals surface area contributed by atoms with Gasteiger partial charge in [0.05, 0.1) is 6.10 Å². The molecule has 35 heavy (non-hydrogen) atoms. The Balaban J connectivity index is 1.52. The van der Waals surface area contributed by atoms with E-state index in [-0.39, 0.29) is 24.6 Å². The number of Topliss-reactive ketones (excluding diaryl/α,β-unsaturated/α-hetero) is 1. The molecule has 5 nitrogen and oxygen atoms in total. The van der Waals surface area contributed by atoms with Crippen LogP contribution < -0.4 is 0 Å². The van der Waals surface area contributed by atoms with Gasteiger partial charge in [0.15, 0.2) is 12.6 Å². The van der Waals surface area contributed by atoms with Crippen LogP contribution in [0, 0.1) is 29.6 Å². The molecule has 2 saturated carbocycles. The quantitative estimate of drug-likeness (QED) is 0.254. The van der Waals surface area contributed by atoms with Crippen LogP contribution >= 0.6 is 0 Å². The normalized spacial score (nSPS) is 33.7. The predicted octanol–water partition coefficient (Wildman–Crippen LogP) is 5.67. The molecule has 190 valence electrons. The van der Waals surface area contributed by atoms with Crippen molar-refractivity contribution in [2.45, 2.75) is 89.5 Å². The summed E-state index contributed by atoms with van der Waals surface area (Å²) in [4.78, 5) is 12.2. The second-order valence-electron chi connectivity index (χ2n) is 10.4. The first-order valence-corrected chi connectivity index (χ1v) is 13.2. The number of hydrogen-bond acceptors (Lipinski definition) is 5. The second kappa shape index (κ2) is 12.3. The van der Waals surface area contributed by atoms with Gasteiger partial charge in [0, 0.05) is 37.5 Å². The maximum Gasteiger partial charge on any atom is 0.158 e. The van der Waals surface area contributed by atoms with Gasteiger partial charge in [0.1, 0.15) is 11.9 Å². The lowest BCUT2D eigenvalue weighted by atomic mass is 9.90. The lowest BCUT2D eigenvalue weighted by Gasteiger charge is -2.30. The summed E-state index contributed by atoms with van der Waals surface area (Å²) in [6, 6.07) is 0. The largest absolute Gasteiger partial charge is 0.353 e. The molecule has 0 aromatic carbocycles. The molecule has 0 bridgehead atoms. The highest BCUT2D eigenvalue weighted by atomic mass is 16.7. The van der Waals surface area contributed by atoms with Gasteiger partial charge in [-0.05, 0) is 74.9 Å². The van der Waals surface area contributed by atoms with Crippen LogP contribution in [-0.4, -0.2) is 43.8 Å². The van der Waals surface area contributed by atoms with Crippen molar-refractivity contribution in [2.75, 3.05) is 13.2 Å². The number of hydrogen-bond donors (Lipinski definition) is 0. The van der Waals surface area contributed by atoms with Gasteiger partial charge in [-0.15, -0.1) is 0 Å². The summed E-state index contributed by atoms with van der Waals surface area (Å²) < 4.78 is 24.6. The summed E-state index contributed by atoms with van der Waals surface area (Å²) in [5.74, 6) is 7.22. The second-order valence-corrected chi connectivity index (χ2v) is 10.4. The molecule has 0 aromatic heterocycles. The van der Waals surface area contributed by atoms with Crippen molar-refractivity contribution < 1.29 is 23.7 Å². The third kappa shape index (κ3) is 7.05. The van der Waals surface area contributed by atoms with E-state index in [0.29, 0.717) is 48.2 Å². The molecule has 5 heteroatoms. The molecule has 0 spiro atoms. The van der Waals surface area contributed by atoms with E-state index >= 15 is 0 Å². The first kappa shape index (κ1) is 26.1. The van der Waals surface area contributed by atoms with E-state index in [1.54, 1.807) is 0 Å². The number of fused-ring (bicyclic) bond motifs is 1. The molecule has 2 saturated heterocycles. The van der Waals surface area contributed by atoms with E-state index in [9.17, 15) is 4.79 Å². The van der Waals surface area contributed by atoms with Crippen LogP contribution in [0.3, 0.4) is 0 Å². The monoisotopic (exact) mass is 480 g/mol. The summed E-state index contributed by atoms with van der Waals surface area (Å²) in [5, 5.41) is 0. The zero-order valence-corrected chi connectivity index (χ0v) is 21.1. The smallest absolute Gasteiger partial charge is 0.158 e. The molecule has 0 aromatic rings. The minimum absolute atomic E-state index is 0.0451. The fourth-order valence-electron chi connectivity index (χ4n) is 5.71. The topological polar surface area (TPSA) is 54.0 Å². The number of rotatable bonds is 8. The summed E-state index contributed by atoms with van der Waals surface area (Å²) in [7, 11) is 0. The number of ether oxygens (including phenoxy) is 4. The number of carbonyl (C=O) groups excluding carboxylic acids is 1. The van der Waals surface area contributed by atoms with Gasteiger partial charge < -0.3 is 18.9 Å². The molecule has 2 aliphatic carbocycles. The highest BCUT2D eigenvalue weighted by Gasteiger charge is 2.48. The molecular weight excluding hydrogens is 440 g/mol. The van der Waals surface area contributed by atoms with Gasteiger partial charge in [0.2, 0.25) is 0 Å². The highest BCUT2D eigenvalue weighted by Crippen LogP contribution is 2.48. The molecule has 0 radical (unpaired) electrons. The van der Waals surface area contributed by atoms with Crippen LogP contribution in [0.4, 0.5) is 0 Å². The molecule has 0 N–H and O–H groups in total. The molecule has 4 aliphatic rings. The molecular formula is C30H40O5. The van der Waals surface area contributed by atoms with Crippen LogP contribution in [0.2, 0.25) is 0 Å². The molecule has 7 atom stereocenters. The zero-order chi connectivity index (χ0) is 24.8. The van der Waals surface area contributed by atoms with Crippen molar-refractivity contribution in [3.8, 4) is 11.8 Å². The van der Waals surface area contributed by atoms with Crippen molar-refractivity contribution in [1.29, 1.82) is 0 Å². The van der Waals surface area contributed by atoms with Gasteiger partial charge in [-0.2, -0.15) is 0 Å². The van der Waals surface area contributed by atoms with E-state index in [4.69, 9.17) is 18.9 Å². The summed E-state index contributed by atoms with van der Waals surface area (Å²) in [6.45, 7) is 15.6. The van der Waals surface area contributed by atoms with E-state index in [1.165, 1.54) is 0 Å². The van der Waals surface area contributed by atoms with E-state index in [1.807, 2.05) is 6.92 Å². The van der Waals surface area contributed by atoms with Crippen molar-refractivity contribution in [2.24, 2.45) is 17.8 Å². The zero-order valence-electron chi connectivity index (χ0n) is 21.1. The predicted molar refractivity (Wildman–Crippen MR) is 136 cm³/mol. The van der Waals surface area contributed by atoms with Gasteiger partial charge in [0.25, 0.3) is 0 Å². The average molecular weight is 481 g/mol. The summed E-state index contributed by atoms with van der Waals surface area (Å²) in [6.07, 6.45) is 11.8. The highest BCUT2D eigenvalue weighted by molar-refractivity contribution is 5.81. The third-order valence-corrected chi connectivity index (χ3v) is 7.58. The van der Waals surface area contributed by atoms with Crippen LogP contribution in [0.1, 0.15) is 64.7 Å². The minimum Gasteiger partial charge on any atom is -0.353 e. The Hall–Kier alpha value is -1.97. The van der Waals surface area contributed by atoms with Crippen molar-refractivity contribution in [3.63, 3.8) is 0 Å². The number of carbonyl (C=O) groups is 1. The Morgan fingerprint density at radius 3 is 2.40 bits per heavy atom. The standard InChI is InChI=1S/C30H40O5/c1-20(2)11-12-21(3)22(4)27(34-29-9-5-7-15-32-29)14-13-25-26-19-24(31)17-23(26)18-28(25)35-30-10-6-8-16-33-30/h13-14,23,25-30H,1,3-10,15-19H2,2H3/t23-,25+,26-,27+,28+,29?,30?/m0/s1. The Kier molecular flexibility index (Phi) is 9.19. The lowest BCUT2D eigenvalue weighted by Crippen LogP contribution is -2.31. The molecule has 2 aliphatic heterocycles.